The fourth-order valence-corrected chi connectivity index (χ4v) is 1.72. The maximum atomic E-state index is 11.5. The maximum absolute atomic E-state index is 11.5. The number of rotatable bonds is 2. The van der Waals surface area contributed by atoms with E-state index in [0.717, 1.165) is 0 Å². The number of carbonyl (C=O) groups is 1. The molecule has 0 saturated carbocycles. The summed E-state index contributed by atoms with van der Waals surface area (Å²) in [6, 6.07) is 4.08. The first kappa shape index (κ1) is 11.1. The first-order valence-corrected chi connectivity index (χ1v) is 5.03. The molecule has 0 aliphatic heterocycles. The summed E-state index contributed by atoms with van der Waals surface area (Å²) >= 11 is 0. The number of hydrogen-bond donors (Lipinski definition) is 1. The van der Waals surface area contributed by atoms with Gasteiger partial charge in [-0.3, -0.25) is 9.59 Å². The SMILES string of the molecule is CCn1c(=O)c(=O)[nH]c2cc(C(=O)[O-])ccc21. The van der Waals surface area contributed by atoms with Crippen molar-refractivity contribution < 1.29 is 9.90 Å². The van der Waals surface area contributed by atoms with Crippen molar-refractivity contribution in [1.82, 2.24) is 9.55 Å². The zero-order valence-electron chi connectivity index (χ0n) is 9.02. The largest absolute Gasteiger partial charge is 0.545 e. The van der Waals surface area contributed by atoms with Crippen molar-refractivity contribution in [2.24, 2.45) is 0 Å². The molecule has 0 spiro atoms. The Morgan fingerprint density at radius 3 is 2.71 bits per heavy atom. The molecule has 0 aliphatic carbocycles. The molecule has 1 N–H and O–H groups in total. The Balaban J connectivity index is 2.90. The number of aryl methyl sites for hydroxylation is 1. The van der Waals surface area contributed by atoms with Crippen LogP contribution in [0.25, 0.3) is 11.0 Å². The van der Waals surface area contributed by atoms with Crippen molar-refractivity contribution >= 4 is 17.0 Å². The lowest BCUT2D eigenvalue weighted by molar-refractivity contribution is -0.255. The molecule has 6 nitrogen and oxygen atoms in total. The van der Waals surface area contributed by atoms with Crippen LogP contribution in [0.3, 0.4) is 0 Å². The Bertz CT molecular complexity index is 711. The quantitative estimate of drug-likeness (QED) is 0.678. The van der Waals surface area contributed by atoms with Gasteiger partial charge in [-0.1, -0.05) is 6.07 Å². The van der Waals surface area contributed by atoms with Gasteiger partial charge >= 0.3 is 11.1 Å². The third kappa shape index (κ3) is 1.73. The van der Waals surface area contributed by atoms with Crippen LogP contribution in [0, 0.1) is 0 Å². The molecule has 0 unspecified atom stereocenters. The molecule has 0 aliphatic rings. The van der Waals surface area contributed by atoms with E-state index >= 15 is 0 Å². The molecule has 6 heteroatoms. The van der Waals surface area contributed by atoms with Gasteiger partial charge < -0.3 is 19.5 Å². The smallest absolute Gasteiger partial charge is 0.316 e. The van der Waals surface area contributed by atoms with E-state index in [2.05, 4.69) is 4.98 Å². The predicted octanol–water partition coefficient (Wildman–Crippen LogP) is -0.927. The molecule has 0 amide bonds. The van der Waals surface area contributed by atoms with Crippen LogP contribution >= 0.6 is 0 Å². The van der Waals surface area contributed by atoms with Gasteiger partial charge in [0.15, 0.2) is 0 Å². The Morgan fingerprint density at radius 1 is 1.41 bits per heavy atom. The number of carbonyl (C=O) groups excluding carboxylic acids is 1. The third-order valence-electron chi connectivity index (χ3n) is 2.53. The number of fused-ring (bicyclic) bond motifs is 1. The number of nitrogens with zero attached hydrogens (tertiary/aromatic N) is 1. The highest BCUT2D eigenvalue weighted by molar-refractivity contribution is 5.90. The van der Waals surface area contributed by atoms with Crippen LogP contribution < -0.4 is 16.2 Å². The van der Waals surface area contributed by atoms with Gasteiger partial charge in [0.25, 0.3) is 0 Å². The van der Waals surface area contributed by atoms with E-state index in [1.54, 1.807) is 6.92 Å². The Hall–Kier alpha value is -2.37. The number of aromatic amines is 1. The highest BCUT2D eigenvalue weighted by atomic mass is 16.4. The summed E-state index contributed by atoms with van der Waals surface area (Å²) in [7, 11) is 0. The van der Waals surface area contributed by atoms with Gasteiger partial charge in [0, 0.05) is 6.54 Å². The van der Waals surface area contributed by atoms with Crippen LogP contribution in [-0.2, 0) is 6.54 Å². The molecule has 1 aromatic carbocycles. The fraction of sp³-hybridized carbons (Fsp3) is 0.182. The molecule has 2 rings (SSSR count). The van der Waals surface area contributed by atoms with Crippen LogP contribution in [-0.4, -0.2) is 15.5 Å². The summed E-state index contributed by atoms with van der Waals surface area (Å²) in [5, 5.41) is 10.7. The topological polar surface area (TPSA) is 95.0 Å². The standard InChI is InChI=1S/C11H10N2O4/c1-2-13-8-4-3-6(11(16)17)5-7(8)12-9(14)10(13)15/h3-5H,2H2,1H3,(H,12,14)(H,16,17)/p-1. The second-order valence-corrected chi connectivity index (χ2v) is 3.52. The molecular weight excluding hydrogens is 224 g/mol. The lowest BCUT2D eigenvalue weighted by atomic mass is 10.2. The molecule has 0 saturated heterocycles. The van der Waals surface area contributed by atoms with Gasteiger partial charge in [0.2, 0.25) is 0 Å². The van der Waals surface area contributed by atoms with Crippen molar-refractivity contribution in [1.29, 1.82) is 0 Å². The lowest BCUT2D eigenvalue weighted by Crippen LogP contribution is -2.36. The van der Waals surface area contributed by atoms with Crippen molar-refractivity contribution in [3.63, 3.8) is 0 Å². The van der Waals surface area contributed by atoms with Gasteiger partial charge in [-0.25, -0.2) is 0 Å². The highest BCUT2D eigenvalue weighted by Gasteiger charge is 2.06. The van der Waals surface area contributed by atoms with Gasteiger partial charge in [0.05, 0.1) is 17.0 Å². The molecular formula is C11H9N2O4-. The van der Waals surface area contributed by atoms with Gasteiger partial charge in [-0.15, -0.1) is 0 Å². The average Bonchev–Trinajstić information content (AvgIpc) is 2.30. The lowest BCUT2D eigenvalue weighted by Gasteiger charge is -2.08. The van der Waals surface area contributed by atoms with Gasteiger partial charge in [0.1, 0.15) is 0 Å². The molecule has 0 atom stereocenters. The summed E-state index contributed by atoms with van der Waals surface area (Å²) in [4.78, 5) is 35.9. The third-order valence-corrected chi connectivity index (χ3v) is 2.53. The number of H-pyrrole nitrogens is 1. The Morgan fingerprint density at radius 2 is 2.12 bits per heavy atom. The summed E-state index contributed by atoms with van der Waals surface area (Å²) < 4.78 is 1.28. The minimum absolute atomic E-state index is 0.0468. The van der Waals surface area contributed by atoms with Crippen LogP contribution in [0.2, 0.25) is 0 Å². The second-order valence-electron chi connectivity index (χ2n) is 3.52. The van der Waals surface area contributed by atoms with Gasteiger partial charge in [-0.05, 0) is 24.6 Å². The maximum Gasteiger partial charge on any atom is 0.316 e. The van der Waals surface area contributed by atoms with E-state index in [1.165, 1.54) is 22.8 Å². The summed E-state index contributed by atoms with van der Waals surface area (Å²) in [5.74, 6) is -1.33. The molecule has 1 aromatic heterocycles. The minimum Gasteiger partial charge on any atom is -0.545 e. The van der Waals surface area contributed by atoms with Crippen molar-refractivity contribution in [2.75, 3.05) is 0 Å². The normalized spacial score (nSPS) is 10.6. The van der Waals surface area contributed by atoms with Crippen molar-refractivity contribution in [3.05, 3.63) is 44.5 Å². The second kappa shape index (κ2) is 3.89. The number of carboxylic acid groups (broad SMARTS) is 1. The average molecular weight is 233 g/mol. The van der Waals surface area contributed by atoms with E-state index in [1.807, 2.05) is 0 Å². The Kier molecular flexibility index (Phi) is 2.55. The number of hydrogen-bond acceptors (Lipinski definition) is 4. The molecule has 0 bridgehead atoms. The number of aromatic nitrogens is 2. The molecule has 2 aromatic rings. The van der Waals surface area contributed by atoms with E-state index in [9.17, 15) is 19.5 Å². The number of aromatic carboxylic acids is 1. The molecule has 0 fully saturated rings. The first-order valence-electron chi connectivity index (χ1n) is 5.03. The minimum atomic E-state index is -1.33. The number of carboxylic acids is 1. The van der Waals surface area contributed by atoms with Crippen LogP contribution in [0.5, 0.6) is 0 Å². The van der Waals surface area contributed by atoms with Crippen LogP contribution in [0.15, 0.2) is 27.8 Å². The predicted molar refractivity (Wildman–Crippen MR) is 58.8 cm³/mol. The zero-order chi connectivity index (χ0) is 12.6. The number of nitrogens with one attached hydrogen (secondary N) is 1. The molecule has 88 valence electrons. The highest BCUT2D eigenvalue weighted by Crippen LogP contribution is 2.10. The monoisotopic (exact) mass is 233 g/mol. The fourth-order valence-electron chi connectivity index (χ4n) is 1.72. The van der Waals surface area contributed by atoms with Gasteiger partial charge in [-0.2, -0.15) is 0 Å². The van der Waals surface area contributed by atoms with Crippen molar-refractivity contribution in [2.45, 2.75) is 13.5 Å². The van der Waals surface area contributed by atoms with E-state index in [0.29, 0.717) is 17.6 Å². The molecule has 17 heavy (non-hydrogen) atoms. The van der Waals surface area contributed by atoms with Crippen molar-refractivity contribution in [3.8, 4) is 0 Å². The first-order chi connectivity index (χ1) is 8.04. The summed E-state index contributed by atoms with van der Waals surface area (Å²) in [6.07, 6.45) is 0. The molecule has 0 radical (unpaired) electrons. The van der Waals surface area contributed by atoms with Crippen LogP contribution in [0.1, 0.15) is 17.3 Å². The summed E-state index contributed by atoms with van der Waals surface area (Å²) in [5.41, 5.74) is -0.675. The molecule has 1 heterocycles. The number of benzene rings is 1. The van der Waals surface area contributed by atoms with E-state index < -0.39 is 17.1 Å². The Labute approximate surface area is 95.1 Å². The zero-order valence-corrected chi connectivity index (χ0v) is 9.02. The van der Waals surface area contributed by atoms with E-state index in [-0.39, 0.29) is 5.56 Å². The van der Waals surface area contributed by atoms with Crippen LogP contribution in [0.4, 0.5) is 0 Å². The summed E-state index contributed by atoms with van der Waals surface area (Å²) in [6.45, 7) is 2.07. The van der Waals surface area contributed by atoms with E-state index in [4.69, 9.17) is 0 Å².